The number of hydrogen-bond donors (Lipinski definition) is 1. The van der Waals surface area contributed by atoms with Crippen molar-refractivity contribution in [3.63, 3.8) is 0 Å². The number of carbonyl (C=O) groups is 1. The molecule has 1 fully saturated rings. The largest absolute Gasteiger partial charge is 0.394 e. The second kappa shape index (κ2) is 4.21. The summed E-state index contributed by atoms with van der Waals surface area (Å²) < 4.78 is 10.9. The van der Waals surface area contributed by atoms with Crippen molar-refractivity contribution >= 4 is 5.78 Å². The van der Waals surface area contributed by atoms with Crippen LogP contribution < -0.4 is 0 Å². The van der Waals surface area contributed by atoms with E-state index in [2.05, 4.69) is 0 Å². The molecule has 1 aliphatic rings. The van der Waals surface area contributed by atoms with Gasteiger partial charge in [0, 0.05) is 0 Å². The number of aliphatic hydroxyl groups excluding tert-OH is 1. The molecule has 0 aromatic rings. The first-order valence-electron chi connectivity index (χ1n) is 4.60. The summed E-state index contributed by atoms with van der Waals surface area (Å²) in [6.07, 6.45) is 2.32. The molecule has 0 amide bonds. The van der Waals surface area contributed by atoms with Gasteiger partial charge in [-0.1, -0.05) is 0 Å². The fourth-order valence-electron chi connectivity index (χ4n) is 1.40. The number of allylic oxidation sites excluding steroid dienone is 1. The summed E-state index contributed by atoms with van der Waals surface area (Å²) in [4.78, 5) is 10.7. The van der Waals surface area contributed by atoms with Gasteiger partial charge in [0.2, 0.25) is 0 Å². The van der Waals surface area contributed by atoms with Crippen LogP contribution in [0.5, 0.6) is 0 Å². The first-order chi connectivity index (χ1) is 6.44. The maximum absolute atomic E-state index is 10.7. The second-order valence-corrected chi connectivity index (χ2v) is 3.79. The molecule has 0 bridgehead atoms. The number of carbonyl (C=O) groups excluding carboxylic acids is 1. The third-order valence-electron chi connectivity index (χ3n) is 1.92. The van der Waals surface area contributed by atoms with Gasteiger partial charge in [0.1, 0.15) is 12.2 Å². The van der Waals surface area contributed by atoms with Crippen molar-refractivity contribution in [1.29, 1.82) is 0 Å². The van der Waals surface area contributed by atoms with Gasteiger partial charge in [-0.05, 0) is 32.9 Å². The summed E-state index contributed by atoms with van der Waals surface area (Å²) in [7, 11) is 0. The van der Waals surface area contributed by atoms with Crippen LogP contribution in [0.15, 0.2) is 12.2 Å². The molecule has 1 aliphatic heterocycles. The van der Waals surface area contributed by atoms with Crippen molar-refractivity contribution in [2.45, 2.75) is 38.8 Å². The van der Waals surface area contributed by atoms with Crippen LogP contribution in [0.4, 0.5) is 0 Å². The van der Waals surface area contributed by atoms with Gasteiger partial charge in [-0.25, -0.2) is 0 Å². The van der Waals surface area contributed by atoms with Crippen molar-refractivity contribution in [1.82, 2.24) is 0 Å². The summed E-state index contributed by atoms with van der Waals surface area (Å²) in [5, 5.41) is 9.01. The van der Waals surface area contributed by atoms with E-state index in [0.717, 1.165) is 0 Å². The first kappa shape index (κ1) is 11.4. The molecule has 0 radical (unpaired) electrons. The van der Waals surface area contributed by atoms with Crippen LogP contribution in [0.1, 0.15) is 20.8 Å². The topological polar surface area (TPSA) is 55.8 Å². The molecule has 4 nitrogen and oxygen atoms in total. The molecule has 0 aromatic heterocycles. The zero-order valence-electron chi connectivity index (χ0n) is 8.69. The molecule has 80 valence electrons. The number of rotatable bonds is 3. The summed E-state index contributed by atoms with van der Waals surface area (Å²) in [5.41, 5.74) is 0. The quantitative estimate of drug-likeness (QED) is 0.679. The minimum Gasteiger partial charge on any atom is -0.394 e. The Morgan fingerprint density at radius 2 is 2.14 bits per heavy atom. The van der Waals surface area contributed by atoms with Gasteiger partial charge in [-0.2, -0.15) is 0 Å². The minimum atomic E-state index is -0.695. The molecule has 0 saturated carbocycles. The van der Waals surface area contributed by atoms with E-state index in [-0.39, 0.29) is 24.6 Å². The van der Waals surface area contributed by atoms with Crippen LogP contribution in [0.3, 0.4) is 0 Å². The molecule has 1 saturated heterocycles. The summed E-state index contributed by atoms with van der Waals surface area (Å²) >= 11 is 0. The van der Waals surface area contributed by atoms with E-state index in [0.29, 0.717) is 0 Å². The Hall–Kier alpha value is -0.710. The molecule has 0 aliphatic carbocycles. The molecule has 14 heavy (non-hydrogen) atoms. The van der Waals surface area contributed by atoms with Crippen LogP contribution in [-0.4, -0.2) is 35.5 Å². The normalized spacial score (nSPS) is 31.1. The van der Waals surface area contributed by atoms with E-state index >= 15 is 0 Å². The first-order valence-corrected chi connectivity index (χ1v) is 4.60. The van der Waals surface area contributed by atoms with Gasteiger partial charge in [0.15, 0.2) is 11.6 Å². The van der Waals surface area contributed by atoms with E-state index in [1.54, 1.807) is 19.9 Å². The smallest absolute Gasteiger partial charge is 0.164 e. The summed E-state index contributed by atoms with van der Waals surface area (Å²) in [6, 6.07) is 0. The fourth-order valence-corrected chi connectivity index (χ4v) is 1.40. The van der Waals surface area contributed by atoms with E-state index in [9.17, 15) is 4.79 Å². The highest BCUT2D eigenvalue weighted by atomic mass is 16.8. The number of aliphatic hydroxyl groups is 1. The highest BCUT2D eigenvalue weighted by Gasteiger charge is 2.39. The van der Waals surface area contributed by atoms with Gasteiger partial charge in [-0.3, -0.25) is 4.79 Å². The number of ketones is 1. The lowest BCUT2D eigenvalue weighted by Gasteiger charge is -2.15. The van der Waals surface area contributed by atoms with E-state index in [1.165, 1.54) is 13.0 Å². The van der Waals surface area contributed by atoms with Crippen molar-refractivity contribution < 1.29 is 19.4 Å². The fraction of sp³-hybridized carbons (Fsp3) is 0.700. The third kappa shape index (κ3) is 2.90. The highest BCUT2D eigenvalue weighted by molar-refractivity contribution is 5.87. The van der Waals surface area contributed by atoms with Gasteiger partial charge in [0.05, 0.1) is 6.61 Å². The molecule has 0 aromatic carbocycles. The Morgan fingerprint density at radius 3 is 2.64 bits per heavy atom. The Balaban J connectivity index is 2.64. The second-order valence-electron chi connectivity index (χ2n) is 3.79. The average molecular weight is 200 g/mol. The Kier molecular flexibility index (Phi) is 3.42. The minimum absolute atomic E-state index is 0.0463. The van der Waals surface area contributed by atoms with Crippen LogP contribution in [0, 0.1) is 0 Å². The predicted octanol–water partition coefficient (Wildman–Crippen LogP) is 0.644. The van der Waals surface area contributed by atoms with Gasteiger partial charge < -0.3 is 14.6 Å². The molecule has 0 spiro atoms. The van der Waals surface area contributed by atoms with Crippen molar-refractivity contribution in [3.05, 3.63) is 12.2 Å². The van der Waals surface area contributed by atoms with E-state index < -0.39 is 5.79 Å². The maximum atomic E-state index is 10.7. The zero-order valence-corrected chi connectivity index (χ0v) is 8.69. The van der Waals surface area contributed by atoms with Crippen LogP contribution >= 0.6 is 0 Å². The Labute approximate surface area is 83.5 Å². The predicted molar refractivity (Wildman–Crippen MR) is 50.7 cm³/mol. The zero-order chi connectivity index (χ0) is 10.8. The lowest BCUT2D eigenvalue weighted by Crippen LogP contribution is -2.24. The molecule has 1 heterocycles. The Morgan fingerprint density at radius 1 is 1.50 bits per heavy atom. The number of hydrogen-bond acceptors (Lipinski definition) is 4. The monoisotopic (exact) mass is 200 g/mol. The Bertz CT molecular complexity index is 245. The lowest BCUT2D eigenvalue weighted by atomic mass is 10.2. The standard InChI is InChI=1S/C10H16O4/c1-7(12)4-5-8-9(6-11)14-10(2,3)13-8/h4-5,8-9,11H,6H2,1-3H3/b5-4+/t8-,9-/m0/s1. The van der Waals surface area contributed by atoms with Crippen LogP contribution in [-0.2, 0) is 14.3 Å². The van der Waals surface area contributed by atoms with Gasteiger partial charge >= 0.3 is 0 Å². The molecule has 4 heteroatoms. The highest BCUT2D eigenvalue weighted by Crippen LogP contribution is 2.28. The molecular weight excluding hydrogens is 184 g/mol. The molecule has 0 unspecified atom stereocenters. The summed E-state index contributed by atoms with van der Waals surface area (Å²) in [5.74, 6) is -0.742. The van der Waals surface area contributed by atoms with Crippen molar-refractivity contribution in [3.8, 4) is 0 Å². The molecular formula is C10H16O4. The van der Waals surface area contributed by atoms with E-state index in [1.807, 2.05) is 0 Å². The van der Waals surface area contributed by atoms with Crippen molar-refractivity contribution in [2.24, 2.45) is 0 Å². The third-order valence-corrected chi connectivity index (χ3v) is 1.92. The summed E-state index contributed by atoms with van der Waals surface area (Å²) in [6.45, 7) is 4.90. The maximum Gasteiger partial charge on any atom is 0.164 e. The average Bonchev–Trinajstić information content (AvgIpc) is 2.37. The molecule has 1 N–H and O–H groups in total. The van der Waals surface area contributed by atoms with Gasteiger partial charge in [0.25, 0.3) is 0 Å². The SMILES string of the molecule is CC(=O)/C=C/[C@@H]1OC(C)(C)O[C@H]1CO. The van der Waals surface area contributed by atoms with E-state index in [4.69, 9.17) is 14.6 Å². The van der Waals surface area contributed by atoms with Crippen LogP contribution in [0.2, 0.25) is 0 Å². The van der Waals surface area contributed by atoms with Gasteiger partial charge in [-0.15, -0.1) is 0 Å². The number of ether oxygens (including phenoxy) is 2. The molecule has 2 atom stereocenters. The lowest BCUT2D eigenvalue weighted by molar-refractivity contribution is -0.146. The van der Waals surface area contributed by atoms with Crippen LogP contribution in [0.25, 0.3) is 0 Å². The molecule has 1 rings (SSSR count). The van der Waals surface area contributed by atoms with Crippen molar-refractivity contribution in [2.75, 3.05) is 6.61 Å².